The van der Waals surface area contributed by atoms with Crippen LogP contribution in [0.3, 0.4) is 0 Å². The summed E-state index contributed by atoms with van der Waals surface area (Å²) in [6.45, 7) is 29.4. The quantitative estimate of drug-likeness (QED) is 0.146. The Morgan fingerprint density at radius 1 is 0.320 bits per heavy atom. The van der Waals surface area contributed by atoms with Crippen molar-refractivity contribution < 1.29 is 9.13 Å². The molecule has 0 aliphatic rings. The monoisotopic (exact) mass is 666 g/mol. The summed E-state index contributed by atoms with van der Waals surface area (Å²) in [5.74, 6) is 0. The van der Waals surface area contributed by atoms with E-state index < -0.39 is 0 Å². The summed E-state index contributed by atoms with van der Waals surface area (Å²) in [4.78, 5) is 0. The molecule has 0 saturated heterocycles. The van der Waals surface area contributed by atoms with Crippen molar-refractivity contribution in [2.45, 2.75) is 131 Å². The summed E-state index contributed by atoms with van der Waals surface area (Å²) in [7, 11) is 0. The molecule has 0 amide bonds. The average Bonchev–Trinajstić information content (AvgIpc) is 3.02. The highest BCUT2D eigenvalue weighted by molar-refractivity contribution is 5.38. The topological polar surface area (TPSA) is 7.76 Å². The first kappa shape index (κ1) is 37.2. The van der Waals surface area contributed by atoms with Crippen molar-refractivity contribution in [1.29, 1.82) is 0 Å². The number of benzene rings is 3. The van der Waals surface area contributed by atoms with Gasteiger partial charge in [0.15, 0.2) is 37.9 Å². The Labute approximate surface area is 304 Å². The van der Waals surface area contributed by atoms with Crippen LogP contribution in [-0.4, -0.2) is 0 Å². The minimum Gasteiger partial charge on any atom is -0.201 e. The molecule has 0 spiro atoms. The number of rotatable bonds is 8. The highest BCUT2D eigenvalue weighted by Crippen LogP contribution is 2.31. The maximum absolute atomic E-state index is 2.40. The predicted molar refractivity (Wildman–Crippen MR) is 211 cm³/mol. The van der Waals surface area contributed by atoms with Crippen LogP contribution in [0.4, 0.5) is 0 Å². The molecule has 2 nitrogen and oxygen atoms in total. The van der Waals surface area contributed by atoms with Crippen LogP contribution < -0.4 is 9.13 Å². The third-order valence-corrected chi connectivity index (χ3v) is 9.94. The number of aromatic nitrogens is 2. The summed E-state index contributed by atoms with van der Waals surface area (Å²) in [6, 6.07) is 32.6. The molecule has 3 aromatic carbocycles. The van der Waals surface area contributed by atoms with E-state index >= 15 is 0 Å². The van der Waals surface area contributed by atoms with E-state index in [-0.39, 0.29) is 21.7 Å². The van der Waals surface area contributed by atoms with Crippen molar-refractivity contribution in [3.05, 3.63) is 165 Å². The van der Waals surface area contributed by atoms with E-state index in [0.29, 0.717) is 0 Å². The Morgan fingerprint density at radius 3 is 0.800 bits per heavy atom. The fourth-order valence-corrected chi connectivity index (χ4v) is 6.39. The van der Waals surface area contributed by atoms with Gasteiger partial charge in [0.1, 0.15) is 0 Å². The van der Waals surface area contributed by atoms with Gasteiger partial charge in [0, 0.05) is 35.4 Å². The summed E-state index contributed by atoms with van der Waals surface area (Å²) in [5.41, 5.74) is 14.2. The number of pyridine rings is 2. The fourth-order valence-electron chi connectivity index (χ4n) is 6.39. The molecule has 262 valence electrons. The predicted octanol–water partition coefficient (Wildman–Crippen LogP) is 10.7. The van der Waals surface area contributed by atoms with Crippen LogP contribution in [0, 0.1) is 0 Å². The molecule has 0 aliphatic heterocycles. The van der Waals surface area contributed by atoms with E-state index in [0.717, 1.165) is 25.9 Å². The molecule has 0 atom stereocenters. The average molecular weight is 667 g/mol. The number of nitrogens with zero attached hydrogens (tertiary/aromatic N) is 2. The first-order valence-electron chi connectivity index (χ1n) is 18.6. The first-order valence-corrected chi connectivity index (χ1v) is 18.6. The van der Waals surface area contributed by atoms with E-state index in [1.807, 2.05) is 0 Å². The zero-order valence-electron chi connectivity index (χ0n) is 33.1. The van der Waals surface area contributed by atoms with Crippen LogP contribution in [0.2, 0.25) is 0 Å². The van der Waals surface area contributed by atoms with E-state index in [1.54, 1.807) is 0 Å². The van der Waals surface area contributed by atoms with E-state index in [9.17, 15) is 0 Å². The Balaban J connectivity index is 1.20. The Hall–Kier alpha value is -4.04. The van der Waals surface area contributed by atoms with Gasteiger partial charge in [0.2, 0.25) is 0 Å². The largest absolute Gasteiger partial charge is 0.201 e. The summed E-state index contributed by atoms with van der Waals surface area (Å²) in [5, 5.41) is 0. The molecule has 5 rings (SSSR count). The van der Waals surface area contributed by atoms with Crippen LogP contribution in [0.1, 0.15) is 139 Å². The van der Waals surface area contributed by atoms with Gasteiger partial charge >= 0.3 is 0 Å². The van der Waals surface area contributed by atoms with Crippen LogP contribution in [-0.2, 0) is 47.6 Å². The molecule has 0 N–H and O–H groups in total. The zero-order valence-corrected chi connectivity index (χ0v) is 33.1. The second-order valence-corrected chi connectivity index (χ2v) is 18.8. The zero-order chi connectivity index (χ0) is 36.5. The second-order valence-electron chi connectivity index (χ2n) is 18.8. The van der Waals surface area contributed by atoms with Crippen molar-refractivity contribution in [1.82, 2.24) is 0 Å². The molecule has 2 aromatic heterocycles. The summed E-state index contributed by atoms with van der Waals surface area (Å²) < 4.78 is 4.60. The SMILES string of the molecule is CC(C)(C)c1cc(C[n+]2ccc(Cc3ccc(Cc4cc[n+](Cc5cc(C(C)(C)C)cc(C(C)(C)C)c5)cc4)cc3)cc2)cc(C(C)(C)C)c1. The smallest absolute Gasteiger partial charge is 0.173 e. The van der Waals surface area contributed by atoms with Gasteiger partial charge < -0.3 is 0 Å². The molecule has 50 heavy (non-hydrogen) atoms. The maximum atomic E-state index is 2.40. The number of hydrogen-bond donors (Lipinski definition) is 0. The van der Waals surface area contributed by atoms with Crippen LogP contribution in [0.5, 0.6) is 0 Å². The minimum absolute atomic E-state index is 0.125. The molecule has 0 aliphatic carbocycles. The van der Waals surface area contributed by atoms with Crippen LogP contribution >= 0.6 is 0 Å². The molecular formula is C48H62N2+2. The highest BCUT2D eigenvalue weighted by atomic mass is 14.9. The molecule has 5 aromatic rings. The molecule has 2 heterocycles. The van der Waals surface area contributed by atoms with Gasteiger partial charge in [-0.3, -0.25) is 0 Å². The van der Waals surface area contributed by atoms with Crippen LogP contribution in [0.15, 0.2) is 110 Å². The highest BCUT2D eigenvalue weighted by Gasteiger charge is 2.23. The van der Waals surface area contributed by atoms with Crippen LogP contribution in [0.25, 0.3) is 0 Å². The third kappa shape index (κ3) is 10.0. The van der Waals surface area contributed by atoms with Crippen molar-refractivity contribution in [2.24, 2.45) is 0 Å². The lowest BCUT2D eigenvalue weighted by atomic mass is 9.79. The molecule has 0 radical (unpaired) electrons. The lowest BCUT2D eigenvalue weighted by Gasteiger charge is -2.25. The molecule has 0 unspecified atom stereocenters. The van der Waals surface area contributed by atoms with E-state index in [4.69, 9.17) is 0 Å². The van der Waals surface area contributed by atoms with Gasteiger partial charge in [0.25, 0.3) is 0 Å². The maximum Gasteiger partial charge on any atom is 0.173 e. The first-order chi connectivity index (χ1) is 23.2. The third-order valence-electron chi connectivity index (χ3n) is 9.94. The fraction of sp³-hybridized carbons (Fsp3) is 0.417. The van der Waals surface area contributed by atoms with Gasteiger partial charge in [-0.1, -0.05) is 119 Å². The lowest BCUT2D eigenvalue weighted by molar-refractivity contribution is -0.688. The van der Waals surface area contributed by atoms with Gasteiger partial charge in [-0.05, 0) is 103 Å². The normalized spacial score (nSPS) is 12.7. The number of hydrogen-bond acceptors (Lipinski definition) is 0. The molecule has 2 heteroatoms. The van der Waals surface area contributed by atoms with E-state index in [1.165, 1.54) is 55.6 Å². The summed E-state index contributed by atoms with van der Waals surface area (Å²) >= 11 is 0. The van der Waals surface area contributed by atoms with Crippen molar-refractivity contribution in [2.75, 3.05) is 0 Å². The minimum atomic E-state index is 0.125. The Bertz CT molecular complexity index is 1680. The van der Waals surface area contributed by atoms with Crippen molar-refractivity contribution in [3.8, 4) is 0 Å². The molecular weight excluding hydrogens is 605 g/mol. The molecule has 0 bridgehead atoms. The second kappa shape index (κ2) is 14.3. The molecule has 0 fully saturated rings. The van der Waals surface area contributed by atoms with Gasteiger partial charge in [0.05, 0.1) is 0 Å². The van der Waals surface area contributed by atoms with Gasteiger partial charge in [-0.25, -0.2) is 9.13 Å². The summed E-state index contributed by atoms with van der Waals surface area (Å²) in [6.07, 6.45) is 10.8. The lowest BCUT2D eigenvalue weighted by Crippen LogP contribution is -2.33. The standard InChI is InChI=1S/C48H62N2/c1-45(2,3)41-27-39(28-42(31-41)46(4,5)6)33-49-21-17-37(18-22-49)25-35-13-15-36(16-14-35)26-38-19-23-50(24-20-38)34-40-29-43(47(7,8)9)32-44(30-40)48(10,11)12/h13-24,27-32H,25-26,33-34H2,1-12H3/q+2. The van der Waals surface area contributed by atoms with Gasteiger partial charge in [-0.15, -0.1) is 0 Å². The Kier molecular flexibility index (Phi) is 10.6. The van der Waals surface area contributed by atoms with Gasteiger partial charge in [-0.2, -0.15) is 0 Å². The Morgan fingerprint density at radius 2 is 0.560 bits per heavy atom. The van der Waals surface area contributed by atoms with E-state index in [2.05, 4.69) is 202 Å². The van der Waals surface area contributed by atoms with Crippen molar-refractivity contribution in [3.63, 3.8) is 0 Å². The van der Waals surface area contributed by atoms with Crippen molar-refractivity contribution >= 4 is 0 Å². The molecule has 0 saturated carbocycles.